The van der Waals surface area contributed by atoms with Crippen LogP contribution in [0.4, 0.5) is 8.78 Å². The highest BCUT2D eigenvalue weighted by molar-refractivity contribution is 6.02. The third-order valence-corrected chi connectivity index (χ3v) is 5.95. The predicted molar refractivity (Wildman–Crippen MR) is 118 cm³/mol. The van der Waals surface area contributed by atoms with Crippen molar-refractivity contribution in [2.24, 2.45) is 0 Å². The number of pyridine rings is 2. The number of fused-ring (bicyclic) bond motifs is 2. The number of nitrogens with one attached hydrogen (secondary N) is 2. The van der Waals surface area contributed by atoms with Gasteiger partial charge in [0.25, 0.3) is 11.8 Å². The molecule has 0 unspecified atom stereocenters. The topological polar surface area (TPSA) is 78.3 Å². The fraction of sp³-hybridized carbons (Fsp3) is 0.348. The molecule has 0 bridgehead atoms. The van der Waals surface area contributed by atoms with Gasteiger partial charge in [0.1, 0.15) is 5.65 Å². The Morgan fingerprint density at radius 1 is 1.31 bits per heavy atom. The molecule has 0 spiro atoms. The van der Waals surface area contributed by atoms with Gasteiger partial charge in [-0.3, -0.25) is 9.69 Å². The number of aromatic amines is 1. The van der Waals surface area contributed by atoms with Crippen LogP contribution in [0.1, 0.15) is 30.1 Å². The van der Waals surface area contributed by atoms with Crippen molar-refractivity contribution in [3.63, 3.8) is 0 Å². The van der Waals surface area contributed by atoms with Crippen molar-refractivity contribution < 1.29 is 13.6 Å². The minimum Gasteiger partial charge on any atom is -0.349 e. The maximum absolute atomic E-state index is 13.2. The van der Waals surface area contributed by atoms with E-state index < -0.39 is 5.92 Å². The lowest BCUT2D eigenvalue weighted by Crippen LogP contribution is -2.47. The van der Waals surface area contributed by atoms with Gasteiger partial charge in [-0.25, -0.2) is 18.3 Å². The second-order valence-electron chi connectivity index (χ2n) is 8.50. The first-order valence-electron chi connectivity index (χ1n) is 10.7. The zero-order valence-electron chi connectivity index (χ0n) is 17.7. The molecule has 5 heterocycles. The highest BCUT2D eigenvalue weighted by atomic mass is 19.3. The van der Waals surface area contributed by atoms with Crippen LogP contribution in [-0.4, -0.2) is 62.0 Å². The Hall–Kier alpha value is -3.33. The van der Waals surface area contributed by atoms with Gasteiger partial charge in [-0.2, -0.15) is 5.10 Å². The summed E-state index contributed by atoms with van der Waals surface area (Å²) in [6.07, 6.45) is 8.35. The molecule has 0 saturated carbocycles. The normalized spacial score (nSPS) is 16.1. The van der Waals surface area contributed by atoms with E-state index in [1.807, 2.05) is 36.7 Å². The van der Waals surface area contributed by atoms with E-state index in [9.17, 15) is 13.6 Å². The molecule has 9 heteroatoms. The quantitative estimate of drug-likeness (QED) is 0.498. The smallest absolute Gasteiger partial charge is 0.257 e. The maximum atomic E-state index is 13.2. The Morgan fingerprint density at radius 3 is 2.91 bits per heavy atom. The van der Waals surface area contributed by atoms with Gasteiger partial charge in [0.15, 0.2) is 0 Å². The Morgan fingerprint density at radius 2 is 2.12 bits per heavy atom. The van der Waals surface area contributed by atoms with Gasteiger partial charge >= 0.3 is 0 Å². The number of piperidine rings is 1. The Labute approximate surface area is 183 Å². The van der Waals surface area contributed by atoms with E-state index in [2.05, 4.69) is 20.4 Å². The Kier molecular flexibility index (Phi) is 5.13. The molecule has 4 aromatic rings. The van der Waals surface area contributed by atoms with Crippen molar-refractivity contribution in [2.75, 3.05) is 19.6 Å². The summed E-state index contributed by atoms with van der Waals surface area (Å²) < 4.78 is 28.2. The molecule has 1 aliphatic heterocycles. The molecule has 1 saturated heterocycles. The number of rotatable bonds is 5. The van der Waals surface area contributed by atoms with E-state index in [0.717, 1.165) is 29.1 Å². The molecule has 0 radical (unpaired) electrons. The molecule has 1 fully saturated rings. The summed E-state index contributed by atoms with van der Waals surface area (Å²) in [5.74, 6) is -2.90. The third kappa shape index (κ3) is 4.08. The summed E-state index contributed by atoms with van der Waals surface area (Å²) in [6.45, 7) is 1.78. The van der Waals surface area contributed by atoms with E-state index in [-0.39, 0.29) is 18.5 Å². The average Bonchev–Trinajstić information content (AvgIpc) is 3.38. The first-order valence-corrected chi connectivity index (χ1v) is 10.7. The first-order chi connectivity index (χ1) is 15.4. The average molecular weight is 438 g/mol. The molecule has 1 aliphatic rings. The minimum atomic E-state index is -2.70. The van der Waals surface area contributed by atoms with Gasteiger partial charge in [0, 0.05) is 55.6 Å². The van der Waals surface area contributed by atoms with Crippen LogP contribution in [0.15, 0.2) is 49.1 Å². The van der Waals surface area contributed by atoms with Crippen molar-refractivity contribution in [2.45, 2.75) is 31.7 Å². The van der Waals surface area contributed by atoms with Crippen LogP contribution in [0, 0.1) is 0 Å². The van der Waals surface area contributed by atoms with Crippen molar-refractivity contribution in [3.05, 3.63) is 54.6 Å². The largest absolute Gasteiger partial charge is 0.349 e. The molecule has 32 heavy (non-hydrogen) atoms. The Bertz CT molecular complexity index is 1270. The van der Waals surface area contributed by atoms with Crippen LogP contribution in [0.25, 0.3) is 27.7 Å². The van der Waals surface area contributed by atoms with Crippen molar-refractivity contribution in [1.29, 1.82) is 0 Å². The third-order valence-electron chi connectivity index (χ3n) is 5.95. The number of likely N-dealkylation sites (tertiary alicyclic amines) is 1. The maximum Gasteiger partial charge on any atom is 0.257 e. The number of hydrogen-bond donors (Lipinski definition) is 2. The van der Waals surface area contributed by atoms with Crippen LogP contribution >= 0.6 is 0 Å². The highest BCUT2D eigenvalue weighted by Gasteiger charge is 2.29. The molecule has 2 N–H and O–H groups in total. The van der Waals surface area contributed by atoms with Gasteiger partial charge in [0.05, 0.1) is 23.8 Å². The van der Waals surface area contributed by atoms with Gasteiger partial charge in [-0.05, 0) is 42.7 Å². The lowest BCUT2D eigenvalue weighted by atomic mass is 10.0. The lowest BCUT2D eigenvalue weighted by Gasteiger charge is -2.33. The number of halogens is 2. The summed E-state index contributed by atoms with van der Waals surface area (Å²) in [5, 5.41) is 8.38. The fourth-order valence-corrected chi connectivity index (χ4v) is 4.41. The van der Waals surface area contributed by atoms with E-state index in [1.54, 1.807) is 21.8 Å². The van der Waals surface area contributed by atoms with Crippen molar-refractivity contribution >= 4 is 22.5 Å². The predicted octanol–water partition coefficient (Wildman–Crippen LogP) is 3.73. The van der Waals surface area contributed by atoms with Crippen LogP contribution in [0.5, 0.6) is 0 Å². The van der Waals surface area contributed by atoms with Gasteiger partial charge in [-0.1, -0.05) is 0 Å². The monoisotopic (exact) mass is 438 g/mol. The highest BCUT2D eigenvalue weighted by Crippen LogP contribution is 2.29. The number of aromatic nitrogens is 4. The molecule has 1 amide bonds. The molecular weight excluding hydrogens is 414 g/mol. The molecule has 5 rings (SSSR count). The fourth-order valence-electron chi connectivity index (χ4n) is 4.41. The number of nitrogens with zero attached hydrogens (tertiary/aromatic N) is 4. The number of carbonyl (C=O) groups is 1. The number of alkyl halides is 2. The minimum absolute atomic E-state index is 0.0398. The number of amides is 1. The second kappa shape index (κ2) is 7.98. The summed E-state index contributed by atoms with van der Waals surface area (Å²) in [4.78, 5) is 22.3. The van der Waals surface area contributed by atoms with Crippen LogP contribution in [0.3, 0.4) is 0 Å². The van der Waals surface area contributed by atoms with Crippen molar-refractivity contribution in [1.82, 2.24) is 29.8 Å². The number of hydrogen-bond acceptors (Lipinski definition) is 4. The van der Waals surface area contributed by atoms with Crippen molar-refractivity contribution in [3.8, 4) is 11.1 Å². The lowest BCUT2D eigenvalue weighted by molar-refractivity contribution is -0.0205. The number of carbonyl (C=O) groups excluding carboxylic acids is 1. The standard InChI is InChI=1S/C23H24F2N6O/c1-23(24,25)14-30-8-5-16(6-9-30)29-22(32)19-13-28-31-10-4-15(11-20(19)31)18-12-27-21-17(18)3-2-7-26-21/h2-4,7,10-13,16H,5-6,8-9,14H2,1H3,(H,26,27)(H,29,32). The van der Waals surface area contributed by atoms with Crippen LogP contribution < -0.4 is 5.32 Å². The molecular formula is C23H24F2N6O. The summed E-state index contributed by atoms with van der Waals surface area (Å²) in [5.41, 5.74) is 3.97. The summed E-state index contributed by atoms with van der Waals surface area (Å²) >= 11 is 0. The molecule has 0 aliphatic carbocycles. The first kappa shape index (κ1) is 20.6. The van der Waals surface area contributed by atoms with Gasteiger partial charge < -0.3 is 10.3 Å². The second-order valence-corrected chi connectivity index (χ2v) is 8.50. The summed E-state index contributed by atoms with van der Waals surface area (Å²) in [7, 11) is 0. The zero-order valence-corrected chi connectivity index (χ0v) is 17.7. The van der Waals surface area contributed by atoms with Gasteiger partial charge in [0.2, 0.25) is 0 Å². The van der Waals surface area contributed by atoms with E-state index in [0.29, 0.717) is 37.0 Å². The molecule has 4 aromatic heterocycles. The van der Waals surface area contributed by atoms with Crippen LogP contribution in [0.2, 0.25) is 0 Å². The Balaban J connectivity index is 1.34. The zero-order chi connectivity index (χ0) is 22.3. The number of H-pyrrole nitrogens is 1. The van der Waals surface area contributed by atoms with Crippen LogP contribution in [-0.2, 0) is 0 Å². The molecule has 7 nitrogen and oxygen atoms in total. The molecule has 0 aromatic carbocycles. The van der Waals surface area contributed by atoms with E-state index in [4.69, 9.17) is 0 Å². The van der Waals surface area contributed by atoms with E-state index >= 15 is 0 Å². The SMILES string of the molecule is CC(F)(F)CN1CCC(NC(=O)c2cnn3ccc(-c4c[nH]c5ncccc45)cc23)CC1. The van der Waals surface area contributed by atoms with E-state index in [1.165, 1.54) is 0 Å². The summed E-state index contributed by atoms with van der Waals surface area (Å²) in [6, 6.07) is 7.76. The molecule has 166 valence electrons. The molecule has 0 atom stereocenters. The van der Waals surface area contributed by atoms with Gasteiger partial charge in [-0.15, -0.1) is 0 Å².